The van der Waals surface area contributed by atoms with Gasteiger partial charge in [-0.2, -0.15) is 13.2 Å². The number of piperazine rings is 1. The zero-order chi connectivity index (χ0) is 16.0. The topological polar surface area (TPSA) is 35.5 Å². The van der Waals surface area contributed by atoms with Crippen LogP contribution in [0.5, 0.6) is 0 Å². The maximum absolute atomic E-state index is 12.4. The van der Waals surface area contributed by atoms with Gasteiger partial charge in [0.15, 0.2) is 0 Å². The molecule has 7 heteroatoms. The van der Waals surface area contributed by atoms with Gasteiger partial charge >= 0.3 is 5.51 Å². The highest BCUT2D eigenvalue weighted by Crippen LogP contribution is 2.37. The summed E-state index contributed by atoms with van der Waals surface area (Å²) in [4.78, 5) is 2.54. The highest BCUT2D eigenvalue weighted by atomic mass is 32.2. The van der Waals surface area contributed by atoms with E-state index >= 15 is 0 Å². The third-order valence-corrected chi connectivity index (χ3v) is 4.47. The van der Waals surface area contributed by atoms with Crippen LogP contribution in [0.2, 0.25) is 0 Å². The summed E-state index contributed by atoms with van der Waals surface area (Å²) in [5, 5.41) is 12.4. The van der Waals surface area contributed by atoms with Gasteiger partial charge in [-0.3, -0.25) is 4.90 Å². The van der Waals surface area contributed by atoms with Crippen LogP contribution in [-0.2, 0) is 0 Å². The van der Waals surface area contributed by atoms with E-state index in [2.05, 4.69) is 10.2 Å². The number of benzene rings is 1. The predicted molar refractivity (Wildman–Crippen MR) is 81.9 cm³/mol. The van der Waals surface area contributed by atoms with Gasteiger partial charge in [-0.25, -0.2) is 0 Å². The third kappa shape index (κ3) is 5.46. The van der Waals surface area contributed by atoms with Crippen LogP contribution in [0.4, 0.5) is 13.2 Å². The molecule has 0 aliphatic carbocycles. The summed E-state index contributed by atoms with van der Waals surface area (Å²) in [6.07, 6.45) is 1.50. The molecule has 0 bridgehead atoms. The average molecular weight is 334 g/mol. The Hall–Kier alpha value is -0.760. The summed E-state index contributed by atoms with van der Waals surface area (Å²) < 4.78 is 37.1. The molecule has 1 aromatic rings. The lowest BCUT2D eigenvalue weighted by atomic mass is 10.00. The van der Waals surface area contributed by atoms with Crippen molar-refractivity contribution in [2.24, 2.45) is 0 Å². The monoisotopic (exact) mass is 334 g/mol. The largest absolute Gasteiger partial charge is 0.446 e. The van der Waals surface area contributed by atoms with E-state index in [-0.39, 0.29) is 29.3 Å². The van der Waals surface area contributed by atoms with Crippen LogP contribution < -0.4 is 5.32 Å². The standard InChI is InChI=1S/C15H21F3N2OS/c16-15(17,18)22-13-5-3-12(4-6-13)14(2-1-11-21)20-9-7-19-8-10-20/h3-6,14,19,21H,1-2,7-11H2/t14-/m0/s1. The first-order valence-electron chi connectivity index (χ1n) is 7.41. The molecule has 0 spiro atoms. The van der Waals surface area contributed by atoms with E-state index in [0.717, 1.165) is 38.2 Å². The molecule has 1 heterocycles. The number of aliphatic hydroxyl groups is 1. The van der Waals surface area contributed by atoms with Crippen LogP contribution in [0, 0.1) is 0 Å². The lowest BCUT2D eigenvalue weighted by molar-refractivity contribution is -0.0328. The Balaban J connectivity index is 2.09. The van der Waals surface area contributed by atoms with Crippen molar-refractivity contribution in [2.45, 2.75) is 29.3 Å². The van der Waals surface area contributed by atoms with Crippen LogP contribution in [0.3, 0.4) is 0 Å². The number of aliphatic hydroxyl groups excluding tert-OH is 1. The second-order valence-electron chi connectivity index (χ2n) is 5.28. The van der Waals surface area contributed by atoms with E-state index < -0.39 is 5.51 Å². The van der Waals surface area contributed by atoms with Crippen LogP contribution in [0.15, 0.2) is 29.2 Å². The minimum Gasteiger partial charge on any atom is -0.396 e. The molecule has 22 heavy (non-hydrogen) atoms. The van der Waals surface area contributed by atoms with Gasteiger partial charge < -0.3 is 10.4 Å². The van der Waals surface area contributed by atoms with Crippen LogP contribution >= 0.6 is 11.8 Å². The number of alkyl halides is 3. The smallest absolute Gasteiger partial charge is 0.396 e. The molecule has 1 atom stereocenters. The molecule has 1 fully saturated rings. The molecular formula is C15H21F3N2OS. The van der Waals surface area contributed by atoms with Crippen molar-refractivity contribution in [3.05, 3.63) is 29.8 Å². The Bertz CT molecular complexity index is 447. The third-order valence-electron chi connectivity index (χ3n) is 3.73. The predicted octanol–water partition coefficient (Wildman–Crippen LogP) is 3.02. The molecule has 0 saturated carbocycles. The Morgan fingerprint density at radius 3 is 2.36 bits per heavy atom. The van der Waals surface area contributed by atoms with Gasteiger partial charge in [0.25, 0.3) is 0 Å². The molecule has 0 radical (unpaired) electrons. The van der Waals surface area contributed by atoms with Crippen molar-refractivity contribution in [3.8, 4) is 0 Å². The second-order valence-corrected chi connectivity index (χ2v) is 6.42. The fraction of sp³-hybridized carbons (Fsp3) is 0.600. The van der Waals surface area contributed by atoms with Gasteiger partial charge in [-0.15, -0.1) is 0 Å². The first-order chi connectivity index (χ1) is 10.5. The molecule has 0 amide bonds. The van der Waals surface area contributed by atoms with E-state index in [0.29, 0.717) is 6.42 Å². The van der Waals surface area contributed by atoms with Crippen LogP contribution in [0.25, 0.3) is 0 Å². The van der Waals surface area contributed by atoms with Gasteiger partial charge in [0, 0.05) is 43.7 Å². The SMILES string of the molecule is OCCC[C@@H](c1ccc(SC(F)(F)F)cc1)N1CCNCC1. The average Bonchev–Trinajstić information content (AvgIpc) is 2.49. The van der Waals surface area contributed by atoms with E-state index in [4.69, 9.17) is 5.11 Å². The van der Waals surface area contributed by atoms with Crippen LogP contribution in [-0.4, -0.2) is 48.3 Å². The maximum atomic E-state index is 12.4. The fourth-order valence-electron chi connectivity index (χ4n) is 2.73. The summed E-state index contributed by atoms with van der Waals surface area (Å²) in [6.45, 7) is 3.78. The Morgan fingerprint density at radius 1 is 1.18 bits per heavy atom. The molecule has 1 saturated heterocycles. The lowest BCUT2D eigenvalue weighted by Crippen LogP contribution is -2.45. The Labute approximate surface area is 132 Å². The molecule has 1 aromatic carbocycles. The Morgan fingerprint density at radius 2 is 1.82 bits per heavy atom. The normalized spacial score (nSPS) is 18.4. The summed E-state index contributed by atoms with van der Waals surface area (Å²) >= 11 is -0.0890. The minimum absolute atomic E-state index is 0.0890. The fourth-order valence-corrected chi connectivity index (χ4v) is 3.27. The Kier molecular flexibility index (Phi) is 6.55. The number of halogens is 3. The van der Waals surface area contributed by atoms with E-state index in [1.165, 1.54) is 12.1 Å². The summed E-state index contributed by atoms with van der Waals surface area (Å²) in [6, 6.07) is 6.76. The first-order valence-corrected chi connectivity index (χ1v) is 8.22. The lowest BCUT2D eigenvalue weighted by Gasteiger charge is -2.35. The minimum atomic E-state index is -4.25. The highest BCUT2D eigenvalue weighted by Gasteiger charge is 2.29. The van der Waals surface area contributed by atoms with Crippen molar-refractivity contribution >= 4 is 11.8 Å². The van der Waals surface area contributed by atoms with Crippen LogP contribution in [0.1, 0.15) is 24.4 Å². The van der Waals surface area contributed by atoms with Gasteiger partial charge in [-0.05, 0) is 42.3 Å². The number of hydrogen-bond acceptors (Lipinski definition) is 4. The van der Waals surface area contributed by atoms with E-state index in [1.54, 1.807) is 12.1 Å². The zero-order valence-corrected chi connectivity index (χ0v) is 13.1. The molecule has 1 aliphatic heterocycles. The number of rotatable bonds is 6. The zero-order valence-electron chi connectivity index (χ0n) is 12.3. The number of hydrogen-bond donors (Lipinski definition) is 2. The van der Waals surface area contributed by atoms with Crippen molar-refractivity contribution in [3.63, 3.8) is 0 Å². The quantitative estimate of drug-likeness (QED) is 0.784. The molecule has 124 valence electrons. The van der Waals surface area contributed by atoms with Crippen molar-refractivity contribution < 1.29 is 18.3 Å². The van der Waals surface area contributed by atoms with Gasteiger partial charge in [0.2, 0.25) is 0 Å². The second kappa shape index (κ2) is 8.19. The van der Waals surface area contributed by atoms with Crippen molar-refractivity contribution in [2.75, 3.05) is 32.8 Å². The summed E-state index contributed by atoms with van der Waals surface area (Å²) in [7, 11) is 0. The molecule has 1 aliphatic rings. The molecule has 0 aromatic heterocycles. The van der Waals surface area contributed by atoms with Gasteiger partial charge in [-0.1, -0.05) is 12.1 Å². The van der Waals surface area contributed by atoms with E-state index in [1.807, 2.05) is 0 Å². The first kappa shape index (κ1) is 17.6. The number of nitrogens with one attached hydrogen (secondary N) is 1. The number of nitrogens with zero attached hydrogens (tertiary/aromatic N) is 1. The van der Waals surface area contributed by atoms with Gasteiger partial charge in [0.1, 0.15) is 0 Å². The molecule has 0 unspecified atom stereocenters. The molecule has 3 nitrogen and oxygen atoms in total. The van der Waals surface area contributed by atoms with Gasteiger partial charge in [0.05, 0.1) is 0 Å². The maximum Gasteiger partial charge on any atom is 0.446 e. The van der Waals surface area contributed by atoms with Crippen molar-refractivity contribution in [1.82, 2.24) is 10.2 Å². The van der Waals surface area contributed by atoms with Crippen molar-refractivity contribution in [1.29, 1.82) is 0 Å². The summed E-state index contributed by atoms with van der Waals surface area (Å²) in [5.41, 5.74) is -3.24. The molecule has 2 N–H and O–H groups in total. The molecule has 2 rings (SSSR count). The summed E-state index contributed by atoms with van der Waals surface area (Å²) in [5.74, 6) is 0. The highest BCUT2D eigenvalue weighted by molar-refractivity contribution is 8.00. The molecular weight excluding hydrogens is 313 g/mol. The van der Waals surface area contributed by atoms with E-state index in [9.17, 15) is 13.2 Å². The number of thioether (sulfide) groups is 1.